The number of H-pyrrole nitrogens is 1. The molecule has 5 nitrogen and oxygen atoms in total. The molecular formula is C9H19N3O2. The van der Waals surface area contributed by atoms with Crippen molar-refractivity contribution < 1.29 is 9.90 Å². The smallest absolute Gasteiger partial charge is 0.317 e. The number of carboxylic acids is 1. The van der Waals surface area contributed by atoms with Gasteiger partial charge in [-0.2, -0.15) is 0 Å². The first kappa shape index (κ1) is 15.1. The third-order valence-electron chi connectivity index (χ3n) is 1.08. The van der Waals surface area contributed by atoms with Gasteiger partial charge in [0.15, 0.2) is 0 Å². The number of nitrogens with zero attached hydrogens (tertiary/aromatic N) is 1. The first-order chi connectivity index (χ1) is 6.68. The minimum atomic E-state index is -0.968. The second kappa shape index (κ2) is 14.2. The molecule has 0 aliphatic carbocycles. The fraction of sp³-hybridized carbons (Fsp3) is 0.556. The summed E-state index contributed by atoms with van der Waals surface area (Å²) < 4.78 is 0. The predicted molar refractivity (Wildman–Crippen MR) is 55.9 cm³/mol. The van der Waals surface area contributed by atoms with Gasteiger partial charge in [-0.05, 0) is 0 Å². The Morgan fingerprint density at radius 3 is 2.07 bits per heavy atom. The average Bonchev–Trinajstić information content (AvgIpc) is 2.76. The molecule has 5 heteroatoms. The van der Waals surface area contributed by atoms with Crippen molar-refractivity contribution >= 4 is 5.97 Å². The van der Waals surface area contributed by atoms with Crippen LogP contribution in [-0.4, -0.2) is 27.6 Å². The van der Waals surface area contributed by atoms with Gasteiger partial charge in [0.1, 0.15) is 0 Å². The molecular weight excluding hydrogens is 182 g/mol. The Balaban J connectivity index is 0. The molecule has 0 fully saturated rings. The van der Waals surface area contributed by atoms with E-state index >= 15 is 0 Å². The maximum Gasteiger partial charge on any atom is 0.317 e. The van der Waals surface area contributed by atoms with Gasteiger partial charge in [-0.15, -0.1) is 0 Å². The largest absolute Gasteiger partial charge is 0.480 e. The lowest BCUT2D eigenvalue weighted by atomic mass is 10.4. The number of aromatic nitrogens is 2. The SMILES string of the molecule is CCCC.NCC(=O)O.c1c[nH]cn1. The van der Waals surface area contributed by atoms with Gasteiger partial charge in [0.05, 0.1) is 12.9 Å². The molecule has 1 aromatic rings. The fourth-order valence-electron chi connectivity index (χ4n) is 0.215. The molecule has 0 amide bonds. The van der Waals surface area contributed by atoms with Crippen LogP contribution in [0.5, 0.6) is 0 Å². The van der Waals surface area contributed by atoms with Gasteiger partial charge in [-0.25, -0.2) is 4.98 Å². The summed E-state index contributed by atoms with van der Waals surface area (Å²) in [4.78, 5) is 15.7. The molecule has 0 unspecified atom stereocenters. The molecule has 1 rings (SSSR count). The molecule has 1 heterocycles. The van der Waals surface area contributed by atoms with Crippen molar-refractivity contribution in [1.29, 1.82) is 0 Å². The van der Waals surface area contributed by atoms with E-state index < -0.39 is 5.97 Å². The summed E-state index contributed by atoms with van der Waals surface area (Å²) >= 11 is 0. The number of nitrogens with one attached hydrogen (secondary N) is 1. The number of unbranched alkanes of at least 4 members (excludes halogenated alkanes) is 1. The van der Waals surface area contributed by atoms with Gasteiger partial charge in [0.2, 0.25) is 0 Å². The predicted octanol–water partition coefficient (Wildman–Crippen LogP) is 1.25. The first-order valence-electron chi connectivity index (χ1n) is 4.53. The standard InChI is InChI=1S/C4H10.C3H4N2.C2H5NO2/c1-3-4-2;1-2-5-3-4-1;3-1-2(4)5/h3-4H2,1-2H3;1-3H,(H,4,5);1,3H2,(H,4,5). The van der Waals surface area contributed by atoms with Gasteiger partial charge in [0, 0.05) is 12.4 Å². The number of carbonyl (C=O) groups is 1. The highest BCUT2D eigenvalue weighted by Crippen LogP contribution is 1.76. The minimum absolute atomic E-state index is 0.278. The topological polar surface area (TPSA) is 92.0 Å². The summed E-state index contributed by atoms with van der Waals surface area (Å²) in [7, 11) is 0. The lowest BCUT2D eigenvalue weighted by Crippen LogP contribution is -2.10. The Hall–Kier alpha value is -1.36. The van der Waals surface area contributed by atoms with Crippen molar-refractivity contribution in [2.45, 2.75) is 26.7 Å². The molecule has 82 valence electrons. The van der Waals surface area contributed by atoms with Crippen molar-refractivity contribution in [3.8, 4) is 0 Å². The van der Waals surface area contributed by atoms with Crippen LogP contribution < -0.4 is 5.73 Å². The van der Waals surface area contributed by atoms with Crippen LogP contribution in [0.1, 0.15) is 26.7 Å². The van der Waals surface area contributed by atoms with Gasteiger partial charge >= 0.3 is 5.97 Å². The molecule has 4 N–H and O–H groups in total. The van der Waals surface area contributed by atoms with E-state index in [9.17, 15) is 4.79 Å². The Morgan fingerprint density at radius 2 is 2.00 bits per heavy atom. The van der Waals surface area contributed by atoms with Crippen LogP contribution in [0.3, 0.4) is 0 Å². The van der Waals surface area contributed by atoms with Crippen molar-refractivity contribution in [2.24, 2.45) is 5.73 Å². The van der Waals surface area contributed by atoms with E-state index in [4.69, 9.17) is 5.11 Å². The number of hydrogen-bond acceptors (Lipinski definition) is 3. The summed E-state index contributed by atoms with van der Waals surface area (Å²) in [5.41, 5.74) is 4.57. The minimum Gasteiger partial charge on any atom is -0.480 e. The number of carboxylic acid groups (broad SMARTS) is 1. The van der Waals surface area contributed by atoms with Crippen LogP contribution in [0.2, 0.25) is 0 Å². The third kappa shape index (κ3) is 22.4. The van der Waals surface area contributed by atoms with E-state index in [0.29, 0.717) is 0 Å². The zero-order valence-electron chi connectivity index (χ0n) is 8.73. The van der Waals surface area contributed by atoms with Crippen molar-refractivity contribution in [3.63, 3.8) is 0 Å². The summed E-state index contributed by atoms with van der Waals surface area (Å²) in [6.07, 6.45) is 7.72. The van der Waals surface area contributed by atoms with Gasteiger partial charge < -0.3 is 15.8 Å². The zero-order valence-corrected chi connectivity index (χ0v) is 8.73. The summed E-state index contributed by atoms with van der Waals surface area (Å²) in [6, 6.07) is 0. The van der Waals surface area contributed by atoms with Crippen molar-refractivity contribution in [3.05, 3.63) is 18.7 Å². The molecule has 0 bridgehead atoms. The average molecular weight is 201 g/mol. The van der Waals surface area contributed by atoms with E-state index in [1.165, 1.54) is 12.8 Å². The number of imidazole rings is 1. The molecule has 0 aliphatic rings. The highest BCUT2D eigenvalue weighted by atomic mass is 16.4. The maximum absolute atomic E-state index is 9.24. The lowest BCUT2D eigenvalue weighted by molar-refractivity contribution is -0.135. The van der Waals surface area contributed by atoms with E-state index in [0.717, 1.165) is 0 Å². The van der Waals surface area contributed by atoms with Crippen molar-refractivity contribution in [1.82, 2.24) is 9.97 Å². The van der Waals surface area contributed by atoms with Crippen LogP contribution in [0.4, 0.5) is 0 Å². The molecule has 1 aromatic heterocycles. The van der Waals surface area contributed by atoms with Crippen LogP contribution in [0, 0.1) is 0 Å². The molecule has 0 saturated heterocycles. The quantitative estimate of drug-likeness (QED) is 0.671. The van der Waals surface area contributed by atoms with Crippen LogP contribution in [-0.2, 0) is 4.79 Å². The molecule has 0 radical (unpaired) electrons. The number of aromatic amines is 1. The number of rotatable bonds is 2. The monoisotopic (exact) mass is 201 g/mol. The summed E-state index contributed by atoms with van der Waals surface area (Å²) in [5.74, 6) is -0.968. The fourth-order valence-corrected chi connectivity index (χ4v) is 0.215. The lowest BCUT2D eigenvalue weighted by Gasteiger charge is -1.73. The van der Waals surface area contributed by atoms with E-state index in [1.807, 2.05) is 0 Å². The Labute approximate surface area is 84.4 Å². The van der Waals surface area contributed by atoms with Gasteiger partial charge in [-0.1, -0.05) is 26.7 Å². The second-order valence-corrected chi connectivity index (χ2v) is 2.36. The van der Waals surface area contributed by atoms with E-state index in [-0.39, 0.29) is 6.54 Å². The summed E-state index contributed by atoms with van der Waals surface area (Å²) in [5, 5.41) is 7.60. The molecule has 0 aliphatic heterocycles. The molecule has 0 aromatic carbocycles. The number of hydrogen-bond donors (Lipinski definition) is 3. The van der Waals surface area contributed by atoms with Crippen LogP contribution in [0.25, 0.3) is 0 Å². The molecule has 14 heavy (non-hydrogen) atoms. The van der Waals surface area contributed by atoms with Gasteiger partial charge in [-0.3, -0.25) is 4.79 Å². The Kier molecular flexibility index (Phi) is 15.3. The maximum atomic E-state index is 9.24. The normalized spacial score (nSPS) is 7.64. The molecule has 0 saturated carbocycles. The summed E-state index contributed by atoms with van der Waals surface area (Å²) in [6.45, 7) is 4.08. The van der Waals surface area contributed by atoms with Crippen molar-refractivity contribution in [2.75, 3.05) is 6.54 Å². The van der Waals surface area contributed by atoms with Gasteiger partial charge in [0.25, 0.3) is 0 Å². The number of aliphatic carboxylic acids is 1. The molecule has 0 atom stereocenters. The first-order valence-corrected chi connectivity index (χ1v) is 4.53. The second-order valence-electron chi connectivity index (χ2n) is 2.36. The van der Waals surface area contributed by atoms with E-state index in [2.05, 4.69) is 29.5 Å². The molecule has 0 spiro atoms. The van der Waals surface area contributed by atoms with Crippen LogP contribution in [0.15, 0.2) is 18.7 Å². The van der Waals surface area contributed by atoms with E-state index in [1.54, 1.807) is 18.7 Å². The highest BCUT2D eigenvalue weighted by Gasteiger charge is 1.81. The third-order valence-corrected chi connectivity index (χ3v) is 1.08. The number of nitrogens with two attached hydrogens (primary N) is 1. The van der Waals surface area contributed by atoms with Crippen LogP contribution >= 0.6 is 0 Å². The zero-order chi connectivity index (χ0) is 11.2. The Bertz CT molecular complexity index is 169. The Morgan fingerprint density at radius 1 is 1.50 bits per heavy atom. The highest BCUT2D eigenvalue weighted by molar-refractivity contribution is 5.68.